The van der Waals surface area contributed by atoms with Crippen LogP contribution in [-0.4, -0.2) is 21.9 Å². The first-order valence-electron chi connectivity index (χ1n) is 6.87. The Morgan fingerprint density at radius 3 is 2.94 bits per heavy atom. The van der Waals surface area contributed by atoms with Crippen molar-refractivity contribution in [3.63, 3.8) is 0 Å². The molecule has 1 saturated heterocycles. The molecule has 0 saturated carbocycles. The average molecular weight is 269 g/mol. The van der Waals surface area contributed by atoms with E-state index >= 15 is 0 Å². The van der Waals surface area contributed by atoms with Crippen molar-refractivity contribution in [2.45, 2.75) is 63.2 Å². The summed E-state index contributed by atoms with van der Waals surface area (Å²) in [5.74, 6) is 3.25. The van der Waals surface area contributed by atoms with Crippen LogP contribution in [0.25, 0.3) is 0 Å². The van der Waals surface area contributed by atoms with Crippen LogP contribution >= 0.6 is 11.8 Å². The van der Waals surface area contributed by atoms with Gasteiger partial charge in [0.25, 0.3) is 0 Å². The highest BCUT2D eigenvalue weighted by atomic mass is 32.2. The van der Waals surface area contributed by atoms with Gasteiger partial charge in [-0.05, 0) is 38.4 Å². The molecule has 0 bridgehead atoms. The molecule has 0 radical (unpaired) electrons. The quantitative estimate of drug-likeness (QED) is 0.858. The van der Waals surface area contributed by atoms with Crippen LogP contribution < -0.4 is 5.73 Å². The number of thioether (sulfide) groups is 1. The molecule has 3 unspecified atom stereocenters. The summed E-state index contributed by atoms with van der Waals surface area (Å²) >= 11 is 1.94. The van der Waals surface area contributed by atoms with E-state index in [1.54, 1.807) is 0 Å². The molecule has 5 heteroatoms. The lowest BCUT2D eigenvalue weighted by molar-refractivity contribution is 0.345. The molecule has 0 aliphatic carbocycles. The van der Waals surface area contributed by atoms with E-state index in [1.165, 1.54) is 18.6 Å². The lowest BCUT2D eigenvalue weighted by atomic mass is 10.0. The van der Waals surface area contributed by atoms with E-state index in [0.717, 1.165) is 31.0 Å². The number of hydrogen-bond acceptors (Lipinski definition) is 5. The van der Waals surface area contributed by atoms with Crippen LogP contribution in [0.3, 0.4) is 0 Å². The maximum atomic E-state index is 5.75. The van der Waals surface area contributed by atoms with Crippen molar-refractivity contribution in [2.75, 3.05) is 5.75 Å². The lowest BCUT2D eigenvalue weighted by Crippen LogP contribution is -2.14. The van der Waals surface area contributed by atoms with Gasteiger partial charge in [0.15, 0.2) is 5.82 Å². The molecule has 0 aromatic carbocycles. The van der Waals surface area contributed by atoms with Gasteiger partial charge in [0, 0.05) is 12.0 Å². The maximum absolute atomic E-state index is 5.75. The van der Waals surface area contributed by atoms with Crippen molar-refractivity contribution in [1.29, 1.82) is 0 Å². The standard InChI is InChI=1S/C13H23N3OS/c1-9(5-3-6-10(2)14)13-15-12(16-17-13)11-7-4-8-18-11/h9-11H,3-8,14H2,1-2H3. The number of aromatic nitrogens is 2. The second kappa shape index (κ2) is 6.57. The van der Waals surface area contributed by atoms with Crippen LogP contribution in [0, 0.1) is 0 Å². The molecule has 2 heterocycles. The minimum Gasteiger partial charge on any atom is -0.339 e. The predicted octanol–water partition coefficient (Wildman–Crippen LogP) is 3.26. The van der Waals surface area contributed by atoms with Gasteiger partial charge in [0.2, 0.25) is 5.89 Å². The third kappa shape index (κ3) is 3.72. The van der Waals surface area contributed by atoms with Gasteiger partial charge in [-0.2, -0.15) is 16.7 Å². The number of rotatable bonds is 6. The number of nitrogens with zero attached hydrogens (tertiary/aromatic N) is 2. The van der Waals surface area contributed by atoms with Crippen LogP contribution in [0.1, 0.15) is 68.8 Å². The summed E-state index contributed by atoms with van der Waals surface area (Å²) in [6.45, 7) is 4.20. The fourth-order valence-electron chi connectivity index (χ4n) is 2.23. The summed E-state index contributed by atoms with van der Waals surface area (Å²) in [7, 11) is 0. The molecule has 1 aromatic heterocycles. The minimum atomic E-state index is 0.283. The van der Waals surface area contributed by atoms with Crippen LogP contribution in [-0.2, 0) is 0 Å². The zero-order valence-electron chi connectivity index (χ0n) is 11.3. The third-order valence-electron chi connectivity index (χ3n) is 3.39. The predicted molar refractivity (Wildman–Crippen MR) is 74.6 cm³/mol. The van der Waals surface area contributed by atoms with Crippen LogP contribution in [0.4, 0.5) is 0 Å². The summed E-state index contributed by atoms with van der Waals surface area (Å²) < 4.78 is 5.39. The summed E-state index contributed by atoms with van der Waals surface area (Å²) in [4.78, 5) is 4.56. The minimum absolute atomic E-state index is 0.283. The molecule has 1 aliphatic rings. The highest BCUT2D eigenvalue weighted by molar-refractivity contribution is 7.99. The van der Waals surface area contributed by atoms with Gasteiger partial charge in [0.05, 0.1) is 5.25 Å². The van der Waals surface area contributed by atoms with Crippen molar-refractivity contribution >= 4 is 11.8 Å². The normalized spacial score (nSPS) is 23.2. The number of nitrogens with two attached hydrogens (primary N) is 1. The summed E-state index contributed by atoms with van der Waals surface area (Å²) in [5.41, 5.74) is 5.75. The highest BCUT2D eigenvalue weighted by Gasteiger charge is 2.24. The Balaban J connectivity index is 1.84. The molecular formula is C13H23N3OS. The Morgan fingerprint density at radius 2 is 2.28 bits per heavy atom. The second-order valence-corrected chi connectivity index (χ2v) is 6.61. The average Bonchev–Trinajstić information content (AvgIpc) is 2.99. The van der Waals surface area contributed by atoms with Crippen LogP contribution in [0.15, 0.2) is 4.52 Å². The van der Waals surface area contributed by atoms with Crippen LogP contribution in [0.2, 0.25) is 0 Å². The lowest BCUT2D eigenvalue weighted by Gasteiger charge is -2.07. The molecule has 1 aromatic rings. The van der Waals surface area contributed by atoms with E-state index in [1.807, 2.05) is 18.7 Å². The molecule has 0 spiro atoms. The molecule has 18 heavy (non-hydrogen) atoms. The van der Waals surface area contributed by atoms with Crippen molar-refractivity contribution in [3.05, 3.63) is 11.7 Å². The second-order valence-electron chi connectivity index (χ2n) is 5.30. The van der Waals surface area contributed by atoms with E-state index in [-0.39, 0.29) is 6.04 Å². The molecule has 102 valence electrons. The van der Waals surface area contributed by atoms with Gasteiger partial charge >= 0.3 is 0 Å². The maximum Gasteiger partial charge on any atom is 0.229 e. The first kappa shape index (κ1) is 13.9. The first-order valence-corrected chi connectivity index (χ1v) is 7.92. The Bertz CT molecular complexity index is 361. The summed E-state index contributed by atoms with van der Waals surface area (Å²) in [5, 5.41) is 4.59. The van der Waals surface area contributed by atoms with Gasteiger partial charge in [-0.25, -0.2) is 0 Å². The van der Waals surface area contributed by atoms with Crippen molar-refractivity contribution in [1.82, 2.24) is 10.1 Å². The summed E-state index contributed by atoms with van der Waals surface area (Å²) in [6.07, 6.45) is 5.70. The molecule has 1 aliphatic heterocycles. The molecule has 0 amide bonds. The Kier molecular flexibility index (Phi) is 5.06. The van der Waals surface area contributed by atoms with E-state index < -0.39 is 0 Å². The van der Waals surface area contributed by atoms with Crippen molar-refractivity contribution < 1.29 is 4.52 Å². The fraction of sp³-hybridized carbons (Fsp3) is 0.846. The fourth-order valence-corrected chi connectivity index (χ4v) is 3.42. The van der Waals surface area contributed by atoms with E-state index in [9.17, 15) is 0 Å². The highest BCUT2D eigenvalue weighted by Crippen LogP contribution is 2.38. The topological polar surface area (TPSA) is 64.9 Å². The zero-order valence-corrected chi connectivity index (χ0v) is 12.1. The molecule has 4 nitrogen and oxygen atoms in total. The van der Waals surface area contributed by atoms with Gasteiger partial charge in [0.1, 0.15) is 0 Å². The monoisotopic (exact) mass is 269 g/mol. The van der Waals surface area contributed by atoms with E-state index in [4.69, 9.17) is 10.3 Å². The van der Waals surface area contributed by atoms with Crippen molar-refractivity contribution in [2.24, 2.45) is 5.73 Å². The Morgan fingerprint density at radius 1 is 1.44 bits per heavy atom. The van der Waals surface area contributed by atoms with Crippen LogP contribution in [0.5, 0.6) is 0 Å². The zero-order chi connectivity index (χ0) is 13.0. The van der Waals surface area contributed by atoms with Gasteiger partial charge in [-0.15, -0.1) is 0 Å². The Hall–Kier alpha value is -0.550. The van der Waals surface area contributed by atoms with Gasteiger partial charge in [-0.1, -0.05) is 18.5 Å². The molecule has 3 atom stereocenters. The SMILES string of the molecule is CC(N)CCCC(C)c1nc(C2CCCS2)no1. The molecule has 2 rings (SSSR count). The largest absolute Gasteiger partial charge is 0.339 e. The van der Waals surface area contributed by atoms with Crippen molar-refractivity contribution in [3.8, 4) is 0 Å². The van der Waals surface area contributed by atoms with E-state index in [0.29, 0.717) is 11.2 Å². The first-order chi connectivity index (χ1) is 8.66. The Labute approximate surface area is 113 Å². The molecule has 1 fully saturated rings. The van der Waals surface area contributed by atoms with Gasteiger partial charge < -0.3 is 10.3 Å². The molecular weight excluding hydrogens is 246 g/mol. The summed E-state index contributed by atoms with van der Waals surface area (Å²) in [6, 6.07) is 0.283. The number of hydrogen-bond donors (Lipinski definition) is 1. The van der Waals surface area contributed by atoms with Gasteiger partial charge in [-0.3, -0.25) is 0 Å². The van der Waals surface area contributed by atoms with E-state index in [2.05, 4.69) is 17.1 Å². The smallest absolute Gasteiger partial charge is 0.229 e. The molecule has 2 N–H and O–H groups in total. The third-order valence-corrected chi connectivity index (χ3v) is 4.77.